The maximum Gasteiger partial charge on any atom is 0.176 e. The second kappa shape index (κ2) is 5.27. The van der Waals surface area contributed by atoms with Crippen LogP contribution < -0.4 is 5.32 Å². The number of likely N-dealkylation sites (N-methyl/N-ethyl adjacent to an activating group) is 1. The molecule has 0 amide bonds. The van der Waals surface area contributed by atoms with Crippen molar-refractivity contribution in [3.05, 3.63) is 33.8 Å². The van der Waals surface area contributed by atoms with Gasteiger partial charge in [0.15, 0.2) is 5.78 Å². The van der Waals surface area contributed by atoms with Gasteiger partial charge in [0.2, 0.25) is 0 Å². The minimum absolute atomic E-state index is 0.128. The summed E-state index contributed by atoms with van der Waals surface area (Å²) >= 11 is 3.40. The van der Waals surface area contributed by atoms with Crippen molar-refractivity contribution in [2.75, 3.05) is 13.6 Å². The van der Waals surface area contributed by atoms with Crippen molar-refractivity contribution in [2.24, 2.45) is 0 Å². The average Bonchev–Trinajstić information content (AvgIpc) is 2.17. The topological polar surface area (TPSA) is 29.1 Å². The van der Waals surface area contributed by atoms with Gasteiger partial charge in [0, 0.05) is 10.0 Å². The van der Waals surface area contributed by atoms with Gasteiger partial charge in [0.1, 0.15) is 0 Å². The van der Waals surface area contributed by atoms with Gasteiger partial charge in [-0.2, -0.15) is 0 Å². The first-order chi connectivity index (χ1) is 6.67. The molecule has 0 unspecified atom stereocenters. The van der Waals surface area contributed by atoms with Crippen LogP contribution in [0.25, 0.3) is 0 Å². The van der Waals surface area contributed by atoms with Gasteiger partial charge in [-0.25, -0.2) is 0 Å². The van der Waals surface area contributed by atoms with Crippen molar-refractivity contribution in [3.8, 4) is 0 Å². The van der Waals surface area contributed by atoms with Gasteiger partial charge in [0.25, 0.3) is 0 Å². The first-order valence-electron chi connectivity index (χ1n) is 4.64. The van der Waals surface area contributed by atoms with Crippen molar-refractivity contribution in [1.82, 2.24) is 5.32 Å². The molecule has 76 valence electrons. The van der Waals surface area contributed by atoms with Gasteiger partial charge < -0.3 is 5.32 Å². The van der Waals surface area contributed by atoms with Crippen LogP contribution in [0.5, 0.6) is 0 Å². The lowest BCUT2D eigenvalue weighted by Crippen LogP contribution is -2.18. The highest BCUT2D eigenvalue weighted by molar-refractivity contribution is 9.10. The predicted octanol–water partition coefficient (Wildman–Crippen LogP) is 2.41. The van der Waals surface area contributed by atoms with Crippen LogP contribution in [0.4, 0.5) is 0 Å². The van der Waals surface area contributed by atoms with Crippen LogP contribution in [0.3, 0.4) is 0 Å². The molecule has 1 rings (SSSR count). The molecular weight excluding hydrogens is 242 g/mol. The molecule has 1 N–H and O–H groups in total. The fraction of sp³-hybridized carbons (Fsp3) is 0.364. The Morgan fingerprint density at radius 1 is 1.43 bits per heavy atom. The van der Waals surface area contributed by atoms with Crippen LogP contribution in [0, 0.1) is 0 Å². The number of carbonyl (C=O) groups excluding carboxylic acids is 1. The van der Waals surface area contributed by atoms with Gasteiger partial charge in [-0.05, 0) is 37.2 Å². The number of hydrogen-bond donors (Lipinski definition) is 1. The van der Waals surface area contributed by atoms with E-state index in [-0.39, 0.29) is 5.78 Å². The van der Waals surface area contributed by atoms with Gasteiger partial charge in [-0.1, -0.05) is 22.9 Å². The van der Waals surface area contributed by atoms with Crippen molar-refractivity contribution in [1.29, 1.82) is 0 Å². The van der Waals surface area contributed by atoms with Crippen LogP contribution in [0.1, 0.15) is 22.8 Å². The lowest BCUT2D eigenvalue weighted by molar-refractivity contribution is 0.0993. The first-order valence-corrected chi connectivity index (χ1v) is 5.44. The van der Waals surface area contributed by atoms with E-state index in [2.05, 4.69) is 28.2 Å². The van der Waals surface area contributed by atoms with Gasteiger partial charge in [-0.15, -0.1) is 0 Å². The number of rotatable bonds is 4. The Labute approximate surface area is 92.8 Å². The smallest absolute Gasteiger partial charge is 0.176 e. The zero-order valence-corrected chi connectivity index (χ0v) is 10.0. The monoisotopic (exact) mass is 255 g/mol. The molecule has 3 heteroatoms. The molecular formula is C11H14BrNO. The third kappa shape index (κ3) is 2.93. The molecule has 0 radical (unpaired) electrons. The Morgan fingerprint density at radius 3 is 2.71 bits per heavy atom. The van der Waals surface area contributed by atoms with E-state index in [4.69, 9.17) is 0 Å². The maximum atomic E-state index is 11.6. The second-order valence-corrected chi connectivity index (χ2v) is 4.07. The van der Waals surface area contributed by atoms with Crippen LogP contribution >= 0.6 is 15.9 Å². The van der Waals surface area contributed by atoms with E-state index in [0.29, 0.717) is 6.54 Å². The highest BCUT2D eigenvalue weighted by atomic mass is 79.9. The summed E-state index contributed by atoms with van der Waals surface area (Å²) in [6, 6.07) is 5.85. The molecule has 0 aromatic heterocycles. The molecule has 0 aliphatic carbocycles. The SMILES string of the molecule is CCc1cc(Br)cc(C(=O)CNC)c1. The van der Waals surface area contributed by atoms with Crippen molar-refractivity contribution < 1.29 is 4.79 Å². The number of ketones is 1. The minimum Gasteiger partial charge on any atom is -0.313 e. The predicted molar refractivity (Wildman–Crippen MR) is 61.8 cm³/mol. The van der Waals surface area contributed by atoms with Crippen LogP contribution in [-0.2, 0) is 6.42 Å². The molecule has 0 fully saturated rings. The average molecular weight is 256 g/mol. The van der Waals surface area contributed by atoms with Crippen LogP contribution in [-0.4, -0.2) is 19.4 Å². The quantitative estimate of drug-likeness (QED) is 0.838. The Balaban J connectivity index is 2.96. The molecule has 14 heavy (non-hydrogen) atoms. The summed E-state index contributed by atoms with van der Waals surface area (Å²) in [6.07, 6.45) is 0.944. The molecule has 0 aliphatic heterocycles. The number of aryl methyl sites for hydroxylation is 1. The highest BCUT2D eigenvalue weighted by Crippen LogP contribution is 2.16. The summed E-state index contributed by atoms with van der Waals surface area (Å²) in [5.74, 6) is 0.128. The van der Waals surface area contributed by atoms with Crippen LogP contribution in [0.2, 0.25) is 0 Å². The van der Waals surface area contributed by atoms with E-state index < -0.39 is 0 Å². The molecule has 0 bridgehead atoms. The van der Waals surface area contributed by atoms with Gasteiger partial charge in [0.05, 0.1) is 6.54 Å². The van der Waals surface area contributed by atoms with E-state index in [0.717, 1.165) is 16.5 Å². The maximum absolute atomic E-state index is 11.6. The fourth-order valence-electron chi connectivity index (χ4n) is 1.28. The molecule has 1 aromatic carbocycles. The number of nitrogens with one attached hydrogen (secondary N) is 1. The van der Waals surface area contributed by atoms with E-state index in [1.807, 2.05) is 18.2 Å². The molecule has 2 nitrogen and oxygen atoms in total. The van der Waals surface area contributed by atoms with E-state index in [9.17, 15) is 4.79 Å². The van der Waals surface area contributed by atoms with Gasteiger partial charge in [-0.3, -0.25) is 4.79 Å². The number of Topliss-reactive ketones (excluding diaryl/α,β-unsaturated/α-hetero) is 1. The third-order valence-corrected chi connectivity index (χ3v) is 2.48. The normalized spacial score (nSPS) is 10.2. The van der Waals surface area contributed by atoms with E-state index in [1.165, 1.54) is 5.56 Å². The number of carbonyl (C=O) groups is 1. The lowest BCUT2D eigenvalue weighted by Gasteiger charge is -2.04. The van der Waals surface area contributed by atoms with Crippen molar-refractivity contribution in [3.63, 3.8) is 0 Å². The summed E-state index contributed by atoms with van der Waals surface area (Å²) in [7, 11) is 1.77. The number of benzene rings is 1. The summed E-state index contributed by atoms with van der Waals surface area (Å²) in [5, 5.41) is 2.86. The molecule has 0 aliphatic rings. The Morgan fingerprint density at radius 2 is 2.14 bits per heavy atom. The molecule has 0 heterocycles. The van der Waals surface area contributed by atoms with E-state index >= 15 is 0 Å². The third-order valence-electron chi connectivity index (χ3n) is 2.03. The zero-order chi connectivity index (χ0) is 10.6. The number of hydrogen-bond acceptors (Lipinski definition) is 2. The summed E-state index contributed by atoms with van der Waals surface area (Å²) in [4.78, 5) is 11.6. The summed E-state index contributed by atoms with van der Waals surface area (Å²) < 4.78 is 0.969. The zero-order valence-electron chi connectivity index (χ0n) is 8.43. The Hall–Kier alpha value is -0.670. The minimum atomic E-state index is 0.128. The Bertz CT molecular complexity index is 336. The molecule has 0 saturated carbocycles. The largest absolute Gasteiger partial charge is 0.313 e. The molecule has 0 spiro atoms. The van der Waals surface area contributed by atoms with Crippen molar-refractivity contribution in [2.45, 2.75) is 13.3 Å². The van der Waals surface area contributed by atoms with Gasteiger partial charge >= 0.3 is 0 Å². The fourth-order valence-corrected chi connectivity index (χ4v) is 1.82. The Kier molecular flexibility index (Phi) is 4.29. The second-order valence-electron chi connectivity index (χ2n) is 3.16. The van der Waals surface area contributed by atoms with E-state index in [1.54, 1.807) is 7.05 Å². The standard InChI is InChI=1S/C11H14BrNO/c1-3-8-4-9(6-10(12)5-8)11(14)7-13-2/h4-6,13H,3,7H2,1-2H3. The highest BCUT2D eigenvalue weighted by Gasteiger charge is 2.06. The number of halogens is 1. The van der Waals surface area contributed by atoms with Crippen LogP contribution in [0.15, 0.2) is 22.7 Å². The molecule has 0 atom stereocenters. The summed E-state index contributed by atoms with van der Waals surface area (Å²) in [6.45, 7) is 2.47. The first kappa shape index (κ1) is 11.4. The molecule has 1 aromatic rings. The van der Waals surface area contributed by atoms with Crippen molar-refractivity contribution >= 4 is 21.7 Å². The summed E-state index contributed by atoms with van der Waals surface area (Å²) in [5.41, 5.74) is 1.95. The molecule has 0 saturated heterocycles. The lowest BCUT2D eigenvalue weighted by atomic mass is 10.1.